The number of hydrogen-bond acceptors (Lipinski definition) is 3. The molecule has 0 radical (unpaired) electrons. The first kappa shape index (κ1) is 11.5. The smallest absolute Gasteiger partial charge is 0.136 e. The first-order valence-electron chi connectivity index (χ1n) is 4.96. The van der Waals surface area contributed by atoms with Crippen molar-refractivity contribution in [1.82, 2.24) is 4.90 Å². The average Bonchev–Trinajstić information content (AvgIpc) is 2.28. The lowest BCUT2D eigenvalue weighted by atomic mass is 10.1. The Labute approximate surface area is 90.9 Å². The molecule has 0 N–H and O–H groups in total. The molecule has 0 aliphatic carbocycles. The largest absolute Gasteiger partial charge is 0.495 e. The second-order valence-corrected chi connectivity index (χ2v) is 3.48. The van der Waals surface area contributed by atoms with Gasteiger partial charge in [0.05, 0.1) is 12.7 Å². The van der Waals surface area contributed by atoms with E-state index in [9.17, 15) is 0 Å². The summed E-state index contributed by atoms with van der Waals surface area (Å²) in [5, 5.41) is 8.92. The van der Waals surface area contributed by atoms with E-state index in [0.29, 0.717) is 11.3 Å². The molecule has 3 nitrogen and oxygen atoms in total. The molecule has 1 rings (SSSR count). The number of rotatable bonds is 4. The molecule has 0 saturated carbocycles. The average molecular weight is 204 g/mol. The van der Waals surface area contributed by atoms with E-state index in [2.05, 4.69) is 24.9 Å². The molecule has 0 bridgehead atoms. The van der Waals surface area contributed by atoms with Crippen molar-refractivity contribution in [2.24, 2.45) is 0 Å². The van der Waals surface area contributed by atoms with Crippen molar-refractivity contribution in [2.45, 2.75) is 13.5 Å². The molecule has 1 aromatic rings. The first-order valence-corrected chi connectivity index (χ1v) is 4.96. The molecule has 15 heavy (non-hydrogen) atoms. The van der Waals surface area contributed by atoms with Crippen LogP contribution in [0.5, 0.6) is 5.75 Å². The number of nitrogens with zero attached hydrogens (tertiary/aromatic N) is 2. The van der Waals surface area contributed by atoms with Gasteiger partial charge in [0, 0.05) is 6.54 Å². The van der Waals surface area contributed by atoms with Crippen molar-refractivity contribution in [1.29, 1.82) is 5.26 Å². The van der Waals surface area contributed by atoms with Crippen LogP contribution in [0.2, 0.25) is 0 Å². The summed E-state index contributed by atoms with van der Waals surface area (Å²) in [6, 6.07) is 7.85. The molecule has 1 aromatic carbocycles. The first-order chi connectivity index (χ1) is 7.21. The van der Waals surface area contributed by atoms with Crippen molar-refractivity contribution < 1.29 is 4.74 Å². The molecule has 0 unspecified atom stereocenters. The lowest BCUT2D eigenvalue weighted by Gasteiger charge is -2.14. The number of methoxy groups -OCH3 is 1. The zero-order valence-corrected chi connectivity index (χ0v) is 9.45. The van der Waals surface area contributed by atoms with Crippen molar-refractivity contribution >= 4 is 0 Å². The summed E-state index contributed by atoms with van der Waals surface area (Å²) in [4.78, 5) is 2.18. The molecular formula is C12H16N2O. The lowest BCUT2D eigenvalue weighted by Crippen LogP contribution is -2.16. The third-order valence-electron chi connectivity index (χ3n) is 2.38. The van der Waals surface area contributed by atoms with Gasteiger partial charge in [0.25, 0.3) is 0 Å². The van der Waals surface area contributed by atoms with E-state index >= 15 is 0 Å². The fourth-order valence-corrected chi connectivity index (χ4v) is 1.36. The topological polar surface area (TPSA) is 36.3 Å². The molecule has 0 aromatic heterocycles. The summed E-state index contributed by atoms with van der Waals surface area (Å²) >= 11 is 0. The van der Waals surface area contributed by atoms with Gasteiger partial charge in [-0.25, -0.2) is 0 Å². The van der Waals surface area contributed by atoms with Crippen LogP contribution < -0.4 is 4.74 Å². The molecule has 0 aliphatic rings. The Bertz CT molecular complexity index is 368. The van der Waals surface area contributed by atoms with Crippen molar-refractivity contribution in [3.63, 3.8) is 0 Å². The Morgan fingerprint density at radius 2 is 2.20 bits per heavy atom. The van der Waals surface area contributed by atoms with Gasteiger partial charge in [-0.1, -0.05) is 13.0 Å². The summed E-state index contributed by atoms with van der Waals surface area (Å²) in [7, 11) is 3.63. The van der Waals surface area contributed by atoms with E-state index in [0.717, 1.165) is 18.7 Å². The molecule has 0 spiro atoms. The number of ether oxygens (including phenoxy) is 1. The van der Waals surface area contributed by atoms with Crippen LogP contribution in [-0.2, 0) is 6.54 Å². The molecule has 0 atom stereocenters. The van der Waals surface area contributed by atoms with Crippen LogP contribution in [0.3, 0.4) is 0 Å². The summed E-state index contributed by atoms with van der Waals surface area (Å²) in [6.45, 7) is 3.96. The summed E-state index contributed by atoms with van der Waals surface area (Å²) in [6.07, 6.45) is 0. The van der Waals surface area contributed by atoms with Gasteiger partial charge in [0.15, 0.2) is 0 Å². The molecule has 3 heteroatoms. The van der Waals surface area contributed by atoms with Gasteiger partial charge < -0.3 is 9.64 Å². The minimum Gasteiger partial charge on any atom is -0.495 e. The van der Waals surface area contributed by atoms with Gasteiger partial charge in [-0.3, -0.25) is 0 Å². The standard InChI is InChI=1S/C12H16N2O/c1-4-14(2)9-10-5-6-12(15-3)11(7-10)8-13/h5-7H,4,9H2,1-3H3. The number of hydrogen-bond donors (Lipinski definition) is 0. The van der Waals surface area contributed by atoms with Crippen molar-refractivity contribution in [2.75, 3.05) is 20.7 Å². The molecule has 0 aliphatic heterocycles. The van der Waals surface area contributed by atoms with Crippen LogP contribution in [-0.4, -0.2) is 25.6 Å². The number of nitriles is 1. The molecule has 0 fully saturated rings. The second-order valence-electron chi connectivity index (χ2n) is 3.48. The van der Waals surface area contributed by atoms with Crippen LogP contribution >= 0.6 is 0 Å². The molecule has 0 heterocycles. The Hall–Kier alpha value is -1.53. The van der Waals surface area contributed by atoms with Gasteiger partial charge in [0.1, 0.15) is 11.8 Å². The summed E-state index contributed by atoms with van der Waals surface area (Å²) in [5.74, 6) is 0.639. The van der Waals surface area contributed by atoms with Gasteiger partial charge in [-0.05, 0) is 31.3 Å². The van der Waals surface area contributed by atoms with Gasteiger partial charge in [-0.15, -0.1) is 0 Å². The van der Waals surface area contributed by atoms with Crippen LogP contribution in [0.25, 0.3) is 0 Å². The van der Waals surface area contributed by atoms with Gasteiger partial charge in [-0.2, -0.15) is 5.26 Å². The van der Waals surface area contributed by atoms with E-state index < -0.39 is 0 Å². The predicted molar refractivity (Wildman–Crippen MR) is 59.7 cm³/mol. The van der Waals surface area contributed by atoms with Crippen LogP contribution in [0.15, 0.2) is 18.2 Å². The van der Waals surface area contributed by atoms with E-state index in [1.165, 1.54) is 0 Å². The highest BCUT2D eigenvalue weighted by Crippen LogP contribution is 2.19. The normalized spacial score (nSPS) is 10.1. The minimum atomic E-state index is 0.597. The highest BCUT2D eigenvalue weighted by molar-refractivity contribution is 5.45. The zero-order valence-electron chi connectivity index (χ0n) is 9.45. The monoisotopic (exact) mass is 204 g/mol. The second kappa shape index (κ2) is 5.38. The highest BCUT2D eigenvalue weighted by atomic mass is 16.5. The SMILES string of the molecule is CCN(C)Cc1ccc(OC)c(C#N)c1. The Balaban J connectivity index is 2.89. The molecular weight excluding hydrogens is 188 g/mol. The maximum absolute atomic E-state index is 8.92. The summed E-state index contributed by atoms with van der Waals surface area (Å²) in [5.41, 5.74) is 1.73. The molecule has 80 valence electrons. The lowest BCUT2D eigenvalue weighted by molar-refractivity contribution is 0.345. The van der Waals surface area contributed by atoms with E-state index in [4.69, 9.17) is 10.00 Å². The van der Waals surface area contributed by atoms with Gasteiger partial charge in [0.2, 0.25) is 0 Å². The molecule has 0 saturated heterocycles. The molecule has 0 amide bonds. The van der Waals surface area contributed by atoms with Gasteiger partial charge >= 0.3 is 0 Å². The Morgan fingerprint density at radius 3 is 2.73 bits per heavy atom. The zero-order chi connectivity index (χ0) is 11.3. The van der Waals surface area contributed by atoms with Crippen molar-refractivity contribution in [3.05, 3.63) is 29.3 Å². The highest BCUT2D eigenvalue weighted by Gasteiger charge is 2.04. The van der Waals surface area contributed by atoms with Crippen LogP contribution in [0, 0.1) is 11.3 Å². The quantitative estimate of drug-likeness (QED) is 0.752. The summed E-state index contributed by atoms with van der Waals surface area (Å²) < 4.78 is 5.09. The third kappa shape index (κ3) is 2.97. The fourth-order valence-electron chi connectivity index (χ4n) is 1.36. The van der Waals surface area contributed by atoms with Crippen molar-refractivity contribution in [3.8, 4) is 11.8 Å². The maximum Gasteiger partial charge on any atom is 0.136 e. The minimum absolute atomic E-state index is 0.597. The third-order valence-corrected chi connectivity index (χ3v) is 2.38. The predicted octanol–water partition coefficient (Wildman–Crippen LogP) is 2.02. The van der Waals surface area contributed by atoms with E-state index in [1.54, 1.807) is 7.11 Å². The Morgan fingerprint density at radius 1 is 1.47 bits per heavy atom. The maximum atomic E-state index is 8.92. The Kier molecular flexibility index (Phi) is 4.14. The van der Waals surface area contributed by atoms with Crippen LogP contribution in [0.4, 0.5) is 0 Å². The van der Waals surface area contributed by atoms with E-state index in [1.807, 2.05) is 18.2 Å². The van der Waals surface area contributed by atoms with E-state index in [-0.39, 0.29) is 0 Å². The number of benzene rings is 1. The van der Waals surface area contributed by atoms with Crippen LogP contribution in [0.1, 0.15) is 18.1 Å². The fraction of sp³-hybridized carbons (Fsp3) is 0.417.